The summed E-state index contributed by atoms with van der Waals surface area (Å²) in [5.41, 5.74) is 4.02. The fraction of sp³-hybridized carbons (Fsp3) is 0.240. The zero-order chi connectivity index (χ0) is 24.1. The molecule has 2 aliphatic heterocycles. The predicted molar refractivity (Wildman–Crippen MR) is 134 cm³/mol. The summed E-state index contributed by atoms with van der Waals surface area (Å²) >= 11 is 0. The van der Waals surface area contributed by atoms with E-state index in [1.165, 1.54) is 6.33 Å². The molecule has 2 aliphatic rings. The Bertz CT molecular complexity index is 1600. The Hall–Kier alpha value is -4.51. The molecule has 1 fully saturated rings. The van der Waals surface area contributed by atoms with Crippen LogP contribution in [0.3, 0.4) is 0 Å². The molecule has 4 aromatic heterocycles. The second-order valence-corrected chi connectivity index (χ2v) is 8.90. The van der Waals surface area contributed by atoms with Crippen molar-refractivity contribution < 1.29 is 9.47 Å². The van der Waals surface area contributed by atoms with Crippen LogP contribution in [0.15, 0.2) is 55.2 Å². The first-order valence-electron chi connectivity index (χ1n) is 11.8. The third kappa shape index (κ3) is 3.60. The minimum atomic E-state index is 0.276. The van der Waals surface area contributed by atoms with Gasteiger partial charge in [0.25, 0.3) is 0 Å². The maximum absolute atomic E-state index is 6.10. The number of aromatic nitrogens is 6. The normalized spacial score (nSPS) is 16.9. The summed E-state index contributed by atoms with van der Waals surface area (Å²) in [6, 6.07) is 11.9. The first-order valence-corrected chi connectivity index (χ1v) is 11.8. The molecule has 0 spiro atoms. The Labute approximate surface area is 206 Å². The van der Waals surface area contributed by atoms with E-state index >= 15 is 0 Å². The Kier molecular flexibility index (Phi) is 4.81. The van der Waals surface area contributed by atoms with Gasteiger partial charge < -0.3 is 25.0 Å². The van der Waals surface area contributed by atoms with E-state index in [1.807, 2.05) is 49.5 Å². The van der Waals surface area contributed by atoms with Crippen LogP contribution in [0.25, 0.3) is 16.7 Å². The summed E-state index contributed by atoms with van der Waals surface area (Å²) in [5.74, 6) is 3.72. The number of aryl methyl sites for hydroxylation is 1. The van der Waals surface area contributed by atoms with Crippen molar-refractivity contribution in [2.24, 2.45) is 0 Å². The first-order chi connectivity index (χ1) is 17.7. The highest BCUT2D eigenvalue weighted by Crippen LogP contribution is 2.37. The number of piperazine rings is 1. The van der Waals surface area contributed by atoms with Crippen molar-refractivity contribution in [2.45, 2.75) is 13.0 Å². The van der Waals surface area contributed by atoms with Gasteiger partial charge >= 0.3 is 0 Å². The average molecular weight is 482 g/mol. The lowest BCUT2D eigenvalue weighted by atomic mass is 10.1. The second-order valence-electron chi connectivity index (χ2n) is 8.90. The van der Waals surface area contributed by atoms with Crippen LogP contribution in [-0.2, 0) is 0 Å². The Morgan fingerprint density at radius 1 is 1.11 bits per heavy atom. The molecule has 5 aromatic rings. The molecule has 0 amide bonds. The summed E-state index contributed by atoms with van der Waals surface area (Å²) in [6.45, 7) is 5.35. The van der Waals surface area contributed by atoms with Gasteiger partial charge in [-0.1, -0.05) is 0 Å². The standard InChI is InChI=1S/C25H23N9O2/c1-15-8-16(2-3-20(15)36-18-4-6-34-22(9-18)28-14-30-34)31-24-23-19(27-13-29-24)10-21-25(32-23)33-7-5-26-11-17(33)12-35-21/h2-4,6,8-10,13-14,17,26H,5,7,11-12H2,1H3,(H,27,29,31)/t17-/m1/s1. The van der Waals surface area contributed by atoms with E-state index in [0.717, 1.165) is 59.4 Å². The Morgan fingerprint density at radius 2 is 2.08 bits per heavy atom. The van der Waals surface area contributed by atoms with Crippen LogP contribution in [0.5, 0.6) is 17.2 Å². The van der Waals surface area contributed by atoms with Crippen LogP contribution < -0.4 is 25.0 Å². The summed E-state index contributed by atoms with van der Waals surface area (Å²) < 4.78 is 13.8. The number of nitrogens with zero attached hydrogens (tertiary/aromatic N) is 7. The molecule has 1 aromatic carbocycles. The van der Waals surface area contributed by atoms with E-state index in [1.54, 1.807) is 10.8 Å². The van der Waals surface area contributed by atoms with Crippen molar-refractivity contribution in [3.05, 3.63) is 60.8 Å². The third-order valence-electron chi connectivity index (χ3n) is 6.53. The molecule has 7 rings (SSSR count). The number of anilines is 3. The maximum Gasteiger partial charge on any atom is 0.172 e. The first kappa shape index (κ1) is 20.8. The topological polar surface area (TPSA) is 115 Å². The largest absolute Gasteiger partial charge is 0.487 e. The van der Waals surface area contributed by atoms with Gasteiger partial charge in [-0.05, 0) is 36.8 Å². The summed E-state index contributed by atoms with van der Waals surface area (Å²) in [6.07, 6.45) is 4.88. The molecule has 11 heteroatoms. The van der Waals surface area contributed by atoms with Crippen molar-refractivity contribution in [3.8, 4) is 17.2 Å². The quantitative estimate of drug-likeness (QED) is 0.397. The van der Waals surface area contributed by atoms with Gasteiger partial charge in [0.1, 0.15) is 36.3 Å². The highest BCUT2D eigenvalue weighted by molar-refractivity contribution is 5.90. The van der Waals surface area contributed by atoms with Crippen molar-refractivity contribution in [3.63, 3.8) is 0 Å². The van der Waals surface area contributed by atoms with E-state index in [0.29, 0.717) is 23.7 Å². The molecule has 11 nitrogen and oxygen atoms in total. The molecule has 6 heterocycles. The molecular formula is C25H23N9O2. The van der Waals surface area contributed by atoms with Crippen LogP contribution in [0.2, 0.25) is 0 Å². The molecule has 36 heavy (non-hydrogen) atoms. The number of pyridine rings is 2. The van der Waals surface area contributed by atoms with Gasteiger partial charge in [-0.15, -0.1) is 0 Å². The lowest BCUT2D eigenvalue weighted by molar-refractivity contribution is 0.245. The van der Waals surface area contributed by atoms with Gasteiger partial charge in [-0.25, -0.2) is 24.5 Å². The molecule has 2 N–H and O–H groups in total. The highest BCUT2D eigenvalue weighted by atomic mass is 16.5. The Morgan fingerprint density at radius 3 is 3.03 bits per heavy atom. The van der Waals surface area contributed by atoms with E-state index in [2.05, 4.69) is 35.6 Å². The average Bonchev–Trinajstić information content (AvgIpc) is 3.37. The maximum atomic E-state index is 6.10. The molecule has 1 saturated heterocycles. The van der Waals surface area contributed by atoms with E-state index in [9.17, 15) is 0 Å². The molecule has 0 radical (unpaired) electrons. The number of hydrogen-bond acceptors (Lipinski definition) is 10. The second kappa shape index (κ2) is 8.31. The SMILES string of the molecule is Cc1cc(Nc2ncnc3cc4c(nc23)N2CCNC[C@@H]2CO4)ccc1Oc1ccn2ncnc2c1. The minimum Gasteiger partial charge on any atom is -0.487 e. The van der Waals surface area contributed by atoms with Gasteiger partial charge in [0.15, 0.2) is 23.0 Å². The smallest absolute Gasteiger partial charge is 0.172 e. The lowest BCUT2D eigenvalue weighted by Gasteiger charge is -2.40. The molecule has 0 aliphatic carbocycles. The number of rotatable bonds is 4. The van der Waals surface area contributed by atoms with Crippen LogP contribution >= 0.6 is 0 Å². The monoisotopic (exact) mass is 481 g/mol. The fourth-order valence-electron chi connectivity index (χ4n) is 4.70. The van der Waals surface area contributed by atoms with Gasteiger partial charge in [-0.2, -0.15) is 5.10 Å². The number of fused-ring (bicyclic) bond motifs is 5. The van der Waals surface area contributed by atoms with Crippen LogP contribution in [0.4, 0.5) is 17.3 Å². The van der Waals surface area contributed by atoms with E-state index in [4.69, 9.17) is 14.5 Å². The third-order valence-corrected chi connectivity index (χ3v) is 6.53. The van der Waals surface area contributed by atoms with E-state index in [-0.39, 0.29) is 6.04 Å². The number of ether oxygens (including phenoxy) is 2. The van der Waals surface area contributed by atoms with Crippen molar-refractivity contribution in [1.82, 2.24) is 34.9 Å². The molecular weight excluding hydrogens is 458 g/mol. The van der Waals surface area contributed by atoms with Crippen molar-refractivity contribution in [2.75, 3.05) is 36.5 Å². The highest BCUT2D eigenvalue weighted by Gasteiger charge is 2.31. The van der Waals surface area contributed by atoms with Crippen molar-refractivity contribution in [1.29, 1.82) is 0 Å². The summed E-state index contributed by atoms with van der Waals surface area (Å²) in [7, 11) is 0. The van der Waals surface area contributed by atoms with Gasteiger partial charge in [-0.3, -0.25) is 0 Å². The molecule has 0 saturated carbocycles. The zero-order valence-electron chi connectivity index (χ0n) is 19.5. The number of hydrogen-bond donors (Lipinski definition) is 2. The number of nitrogens with one attached hydrogen (secondary N) is 2. The molecule has 0 bridgehead atoms. The van der Waals surface area contributed by atoms with Crippen LogP contribution in [0.1, 0.15) is 5.56 Å². The lowest BCUT2D eigenvalue weighted by Crippen LogP contribution is -2.56. The zero-order valence-corrected chi connectivity index (χ0v) is 19.5. The Balaban J connectivity index is 1.18. The van der Waals surface area contributed by atoms with Crippen molar-refractivity contribution >= 4 is 34.0 Å². The predicted octanol–water partition coefficient (Wildman–Crippen LogP) is 3.08. The molecule has 180 valence electrons. The molecule has 1 atom stereocenters. The van der Waals surface area contributed by atoms with Gasteiger partial charge in [0.2, 0.25) is 0 Å². The summed E-state index contributed by atoms with van der Waals surface area (Å²) in [5, 5.41) is 11.0. The fourth-order valence-corrected chi connectivity index (χ4v) is 4.70. The van der Waals surface area contributed by atoms with Crippen LogP contribution in [-0.4, -0.2) is 61.8 Å². The number of benzene rings is 1. The van der Waals surface area contributed by atoms with Gasteiger partial charge in [0, 0.05) is 43.7 Å². The van der Waals surface area contributed by atoms with E-state index < -0.39 is 0 Å². The minimum absolute atomic E-state index is 0.276. The summed E-state index contributed by atoms with van der Waals surface area (Å²) in [4.78, 5) is 20.4. The van der Waals surface area contributed by atoms with Crippen LogP contribution in [0, 0.1) is 6.92 Å². The van der Waals surface area contributed by atoms with Gasteiger partial charge in [0.05, 0.1) is 11.6 Å². The molecule has 0 unspecified atom stereocenters.